The molecule has 1 saturated heterocycles. The number of nitrogens with one attached hydrogen (secondary N) is 2. The van der Waals surface area contributed by atoms with E-state index in [9.17, 15) is 9.59 Å². The molecule has 0 aliphatic carbocycles. The molecule has 9 nitrogen and oxygen atoms in total. The monoisotopic (exact) mass is 526 g/mol. The van der Waals surface area contributed by atoms with Gasteiger partial charge in [-0.05, 0) is 45.0 Å². The Morgan fingerprint density at radius 3 is 2.50 bits per heavy atom. The van der Waals surface area contributed by atoms with Crippen molar-refractivity contribution in [3.8, 4) is 5.75 Å². The molecule has 1 fully saturated rings. The molecule has 1 aliphatic heterocycles. The van der Waals surface area contributed by atoms with Gasteiger partial charge in [-0.1, -0.05) is 6.58 Å². The lowest BCUT2D eigenvalue weighted by Gasteiger charge is -2.38. The Kier molecular flexibility index (Phi) is 9.98. The molecule has 0 bridgehead atoms. The normalized spacial score (nSPS) is 14.8. The second-order valence-corrected chi connectivity index (χ2v) is 9.36. The third-order valence-electron chi connectivity index (χ3n) is 5.72. The maximum absolute atomic E-state index is 15.0. The van der Waals surface area contributed by atoms with E-state index in [0.29, 0.717) is 54.8 Å². The van der Waals surface area contributed by atoms with Crippen molar-refractivity contribution in [1.29, 1.82) is 0 Å². The van der Waals surface area contributed by atoms with Crippen LogP contribution in [0, 0.1) is 5.82 Å². The fourth-order valence-electron chi connectivity index (χ4n) is 3.99. The highest BCUT2D eigenvalue weighted by molar-refractivity contribution is 6.03. The largest absolute Gasteiger partial charge is 0.491 e. The van der Waals surface area contributed by atoms with Gasteiger partial charge < -0.3 is 29.7 Å². The van der Waals surface area contributed by atoms with Crippen LogP contribution in [0.5, 0.6) is 5.75 Å². The van der Waals surface area contributed by atoms with Crippen molar-refractivity contribution in [2.75, 3.05) is 50.7 Å². The summed E-state index contributed by atoms with van der Waals surface area (Å²) in [4.78, 5) is 30.9. The molecule has 0 spiro atoms. The Bertz CT molecular complexity index is 1180. The molecule has 2 amide bonds. The van der Waals surface area contributed by atoms with Crippen molar-refractivity contribution in [1.82, 2.24) is 4.90 Å². The van der Waals surface area contributed by atoms with Gasteiger partial charge in [-0.2, -0.15) is 0 Å². The third-order valence-corrected chi connectivity index (χ3v) is 5.72. The number of halogens is 1. The van der Waals surface area contributed by atoms with Crippen LogP contribution in [0.25, 0.3) is 5.70 Å². The summed E-state index contributed by atoms with van der Waals surface area (Å²) in [6.45, 7) is 11.6. The Labute approximate surface area is 222 Å². The maximum atomic E-state index is 15.0. The number of benzene rings is 2. The molecule has 2 N–H and O–H groups in total. The van der Waals surface area contributed by atoms with Crippen LogP contribution in [-0.2, 0) is 19.1 Å². The van der Waals surface area contributed by atoms with E-state index in [1.165, 1.54) is 6.07 Å². The highest BCUT2D eigenvalue weighted by Crippen LogP contribution is 2.33. The Morgan fingerprint density at radius 1 is 1.18 bits per heavy atom. The molecule has 0 saturated carbocycles. The van der Waals surface area contributed by atoms with Crippen LogP contribution < -0.4 is 15.4 Å². The number of hydrogen-bond acceptors (Lipinski definition) is 7. The smallest absolute Gasteiger partial charge is 0.233 e. The van der Waals surface area contributed by atoms with Crippen molar-refractivity contribution in [2.45, 2.75) is 32.8 Å². The van der Waals surface area contributed by atoms with Gasteiger partial charge in [0.2, 0.25) is 11.8 Å². The number of methoxy groups -OCH3 is 1. The number of anilines is 2. The van der Waals surface area contributed by atoms with Crippen LogP contribution in [0.1, 0.15) is 32.8 Å². The van der Waals surface area contributed by atoms with Crippen molar-refractivity contribution < 1.29 is 28.2 Å². The first kappa shape index (κ1) is 28.8. The third kappa shape index (κ3) is 8.12. The van der Waals surface area contributed by atoms with E-state index in [0.717, 1.165) is 0 Å². The average Bonchev–Trinajstić information content (AvgIpc) is 2.84. The Hall–Kier alpha value is -3.76. The zero-order valence-corrected chi connectivity index (χ0v) is 22.3. The quantitative estimate of drug-likeness (QED) is 0.252. The Balaban J connectivity index is 1.61. The minimum atomic E-state index is -0.532. The molecule has 0 radical (unpaired) electrons. The number of rotatable bonds is 11. The molecule has 2 aromatic rings. The number of carbonyl (C=O) groups excluding carboxylic acids is 2. The van der Waals surface area contributed by atoms with Gasteiger partial charge in [0.1, 0.15) is 24.6 Å². The van der Waals surface area contributed by atoms with Crippen LogP contribution in [0.15, 0.2) is 48.0 Å². The summed E-state index contributed by atoms with van der Waals surface area (Å²) in [5, 5.41) is 5.82. The summed E-state index contributed by atoms with van der Waals surface area (Å²) in [5.74, 6) is -0.833. The summed E-state index contributed by atoms with van der Waals surface area (Å²) in [6.07, 6.45) is 1.31. The lowest BCUT2D eigenvalue weighted by atomic mass is 10.1. The molecule has 38 heavy (non-hydrogen) atoms. The molecule has 0 unspecified atom stereocenters. The lowest BCUT2D eigenvalue weighted by molar-refractivity contribution is -0.147. The number of aliphatic imine (C=N–C) groups is 1. The summed E-state index contributed by atoms with van der Waals surface area (Å²) in [5.41, 5.74) is 1.62. The molecular weight excluding hydrogens is 491 g/mol. The summed E-state index contributed by atoms with van der Waals surface area (Å²) >= 11 is 0. The highest BCUT2D eigenvalue weighted by atomic mass is 19.1. The van der Waals surface area contributed by atoms with E-state index in [4.69, 9.17) is 14.2 Å². The number of nitrogens with zero attached hydrogens (tertiary/aromatic N) is 2. The zero-order chi connectivity index (χ0) is 27.7. The molecule has 10 heteroatoms. The van der Waals surface area contributed by atoms with Crippen molar-refractivity contribution in [3.05, 3.63) is 54.4 Å². The van der Waals surface area contributed by atoms with Crippen molar-refractivity contribution in [3.63, 3.8) is 0 Å². The zero-order valence-electron chi connectivity index (χ0n) is 22.3. The van der Waals surface area contributed by atoms with Crippen LogP contribution in [0.2, 0.25) is 0 Å². The molecule has 1 heterocycles. The van der Waals surface area contributed by atoms with Gasteiger partial charge in [0.25, 0.3) is 0 Å². The summed E-state index contributed by atoms with van der Waals surface area (Å²) < 4.78 is 31.1. The SMILES string of the molecule is C=C(Nc1ccc(NC(=O)CC(=O)N2CCOC(C)(C)C2)cc1)c1c(F)cc(OCCOC)cc1N=CC. The van der Waals surface area contributed by atoms with Crippen LogP contribution >= 0.6 is 0 Å². The van der Waals surface area contributed by atoms with E-state index in [2.05, 4.69) is 22.2 Å². The second kappa shape index (κ2) is 13.2. The first-order valence-corrected chi connectivity index (χ1v) is 12.3. The van der Waals surface area contributed by atoms with E-state index in [1.54, 1.807) is 55.5 Å². The van der Waals surface area contributed by atoms with E-state index in [-0.39, 0.29) is 24.5 Å². The topological polar surface area (TPSA) is 101 Å². The lowest BCUT2D eigenvalue weighted by Crippen LogP contribution is -2.51. The Morgan fingerprint density at radius 2 is 1.87 bits per heavy atom. The number of amides is 2. The molecule has 204 valence electrons. The first-order valence-electron chi connectivity index (χ1n) is 12.3. The molecule has 2 aromatic carbocycles. The summed E-state index contributed by atoms with van der Waals surface area (Å²) in [7, 11) is 1.56. The fraction of sp³-hybridized carbons (Fsp3) is 0.393. The van der Waals surface area contributed by atoms with E-state index < -0.39 is 17.3 Å². The van der Waals surface area contributed by atoms with Crippen LogP contribution in [0.3, 0.4) is 0 Å². The van der Waals surface area contributed by atoms with Gasteiger partial charge in [-0.3, -0.25) is 14.6 Å². The number of hydrogen-bond donors (Lipinski definition) is 2. The van der Waals surface area contributed by atoms with Gasteiger partial charge in [0.05, 0.1) is 30.1 Å². The average molecular weight is 527 g/mol. The predicted octanol–water partition coefficient (Wildman–Crippen LogP) is 4.62. The van der Waals surface area contributed by atoms with Crippen LogP contribution in [0.4, 0.5) is 21.5 Å². The summed E-state index contributed by atoms with van der Waals surface area (Å²) in [6, 6.07) is 9.73. The number of morpholine rings is 1. The van der Waals surface area contributed by atoms with Crippen molar-refractivity contribution >= 4 is 40.8 Å². The molecule has 0 aromatic heterocycles. The van der Waals surface area contributed by atoms with Gasteiger partial charge >= 0.3 is 0 Å². The van der Waals surface area contributed by atoms with Gasteiger partial charge in [0, 0.05) is 55.6 Å². The minimum Gasteiger partial charge on any atom is -0.491 e. The fourth-order valence-corrected chi connectivity index (χ4v) is 3.99. The van der Waals surface area contributed by atoms with Crippen LogP contribution in [-0.4, -0.2) is 68.5 Å². The second-order valence-electron chi connectivity index (χ2n) is 9.36. The number of carbonyl (C=O) groups is 2. The molecule has 1 aliphatic rings. The van der Waals surface area contributed by atoms with Gasteiger partial charge in [0.15, 0.2) is 0 Å². The maximum Gasteiger partial charge on any atom is 0.233 e. The first-order chi connectivity index (χ1) is 18.1. The predicted molar refractivity (Wildman–Crippen MR) is 147 cm³/mol. The molecule has 0 atom stereocenters. The van der Waals surface area contributed by atoms with Gasteiger partial charge in [-0.15, -0.1) is 0 Å². The minimum absolute atomic E-state index is 0.212. The standard InChI is InChI=1S/C28H35FN4O5/c1-6-30-24-16-22(37-14-13-36-5)15-23(29)27(24)19(2)31-20-7-9-21(10-8-20)32-25(34)17-26(35)33-11-12-38-28(3,4)18-33/h6-10,15-16,31H,2,11-14,17-18H2,1,3-5H3,(H,32,34). The highest BCUT2D eigenvalue weighted by Gasteiger charge is 2.30. The molecule has 3 rings (SSSR count). The van der Waals surface area contributed by atoms with E-state index in [1.807, 2.05) is 13.8 Å². The number of ether oxygens (including phenoxy) is 3. The van der Waals surface area contributed by atoms with Crippen molar-refractivity contribution in [2.24, 2.45) is 4.99 Å². The van der Waals surface area contributed by atoms with Gasteiger partial charge in [-0.25, -0.2) is 4.39 Å². The molecular formula is C28H35FN4O5. The van der Waals surface area contributed by atoms with E-state index >= 15 is 4.39 Å².